The summed E-state index contributed by atoms with van der Waals surface area (Å²) in [5.41, 5.74) is 1.19. The summed E-state index contributed by atoms with van der Waals surface area (Å²) in [5.74, 6) is -1.47. The molecule has 0 aliphatic carbocycles. The van der Waals surface area contributed by atoms with Crippen LogP contribution in [0.3, 0.4) is 0 Å². The van der Waals surface area contributed by atoms with Crippen LogP contribution in [0.1, 0.15) is 120 Å². The molecule has 1 fully saturated rings. The summed E-state index contributed by atoms with van der Waals surface area (Å²) in [6.07, 6.45) is 7.42. The number of rotatable bonds is 22. The Morgan fingerprint density at radius 1 is 0.458 bits per heavy atom. The molecule has 0 N–H and O–H groups in total. The van der Waals surface area contributed by atoms with Gasteiger partial charge in [-0.25, -0.2) is 19.2 Å². The van der Waals surface area contributed by atoms with Crippen LogP contribution in [0.2, 0.25) is 0 Å². The van der Waals surface area contributed by atoms with E-state index in [2.05, 4.69) is 13.8 Å². The van der Waals surface area contributed by atoms with Gasteiger partial charge < -0.3 is 37.9 Å². The lowest BCUT2D eigenvalue weighted by atomic mass is 10.2. The first-order chi connectivity index (χ1) is 28.5. The van der Waals surface area contributed by atoms with Gasteiger partial charge in [-0.15, -0.1) is 0 Å². The van der Waals surface area contributed by atoms with Crippen LogP contribution in [-0.2, 0) is 18.9 Å². The minimum atomic E-state index is -1.02. The molecule has 12 nitrogen and oxygen atoms in total. The Morgan fingerprint density at radius 3 is 1.12 bits per heavy atom. The van der Waals surface area contributed by atoms with E-state index in [0.717, 1.165) is 38.5 Å². The Hall–Kier alpha value is -5.72. The van der Waals surface area contributed by atoms with Gasteiger partial charge in [0.25, 0.3) is 0 Å². The fourth-order valence-electron chi connectivity index (χ4n) is 6.14. The van der Waals surface area contributed by atoms with Gasteiger partial charge in [0, 0.05) is 0 Å². The fourth-order valence-corrected chi connectivity index (χ4v) is 6.14. The summed E-state index contributed by atoms with van der Waals surface area (Å²) in [6, 6.07) is 25.5. The molecule has 0 unspecified atom stereocenters. The minimum absolute atomic E-state index is 0.172. The zero-order valence-electron chi connectivity index (χ0n) is 34.3. The third-order valence-corrected chi connectivity index (χ3v) is 9.36. The monoisotopic (exact) mass is 810 g/mol. The van der Waals surface area contributed by atoms with Crippen molar-refractivity contribution in [2.75, 3.05) is 26.4 Å². The van der Waals surface area contributed by atoms with Gasteiger partial charge in [0.1, 0.15) is 48.4 Å². The summed E-state index contributed by atoms with van der Waals surface area (Å²) in [7, 11) is 0. The standard InChI is InChI=1S/C47H54O12/c1-5-7-9-11-29-52-37-21-13-35(14-22-37)45(50)56-39-25-17-33(18-26-39)43(48)54-31-41-42(59-47(3,4)58-41)32-55-44(49)34-19-27-40(28-20-34)57-46(51)36-15-23-38(24-16-36)53-30-12-10-8-6-2/h13-28,41-42H,5-12,29-32H2,1-4H3/t41-,42-/m1/s1. The van der Waals surface area contributed by atoms with Crippen molar-refractivity contribution in [1.82, 2.24) is 0 Å². The van der Waals surface area contributed by atoms with E-state index in [1.165, 1.54) is 61.4 Å². The SMILES string of the molecule is CCCCCCOc1ccc(C(=O)Oc2ccc(C(=O)OC[C@H]3OC(C)(C)O[C@@H]3COC(=O)c3ccc(OC(=O)c4ccc(OCCCCCC)cc4)cc3)cc2)cc1. The van der Waals surface area contributed by atoms with Crippen LogP contribution < -0.4 is 18.9 Å². The Morgan fingerprint density at radius 2 is 0.780 bits per heavy atom. The highest BCUT2D eigenvalue weighted by Crippen LogP contribution is 2.29. The molecule has 314 valence electrons. The highest BCUT2D eigenvalue weighted by atomic mass is 16.8. The van der Waals surface area contributed by atoms with E-state index >= 15 is 0 Å². The number of ether oxygens (including phenoxy) is 8. The molecule has 59 heavy (non-hydrogen) atoms. The zero-order chi connectivity index (χ0) is 42.0. The predicted molar refractivity (Wildman–Crippen MR) is 219 cm³/mol. The summed E-state index contributed by atoms with van der Waals surface area (Å²) in [4.78, 5) is 51.2. The molecule has 0 saturated carbocycles. The molecular weight excluding hydrogens is 757 g/mol. The largest absolute Gasteiger partial charge is 0.494 e. The molecule has 12 heteroatoms. The van der Waals surface area contributed by atoms with Gasteiger partial charge in [0.05, 0.1) is 35.5 Å². The lowest BCUT2D eigenvalue weighted by Gasteiger charge is -2.17. The second kappa shape index (κ2) is 22.4. The van der Waals surface area contributed by atoms with Crippen LogP contribution in [0.5, 0.6) is 23.0 Å². The van der Waals surface area contributed by atoms with Gasteiger partial charge in [-0.05, 0) is 124 Å². The van der Waals surface area contributed by atoms with Crippen molar-refractivity contribution in [2.45, 2.75) is 97.1 Å². The van der Waals surface area contributed by atoms with Crippen LogP contribution >= 0.6 is 0 Å². The number of esters is 4. The van der Waals surface area contributed by atoms with Crippen LogP contribution in [-0.4, -0.2) is 68.3 Å². The Balaban J connectivity index is 1.04. The van der Waals surface area contributed by atoms with Gasteiger partial charge in [-0.3, -0.25) is 0 Å². The number of hydrogen-bond donors (Lipinski definition) is 0. The Bertz CT molecular complexity index is 1800. The molecular formula is C47H54O12. The van der Waals surface area contributed by atoms with Crippen LogP contribution in [0.15, 0.2) is 97.1 Å². The third-order valence-electron chi connectivity index (χ3n) is 9.36. The van der Waals surface area contributed by atoms with Crippen molar-refractivity contribution in [3.8, 4) is 23.0 Å². The maximum absolute atomic E-state index is 12.9. The van der Waals surface area contributed by atoms with Gasteiger partial charge in [-0.1, -0.05) is 52.4 Å². The predicted octanol–water partition coefficient (Wildman–Crippen LogP) is 9.58. The van der Waals surface area contributed by atoms with Crippen LogP contribution in [0, 0.1) is 0 Å². The quantitative estimate of drug-likeness (QED) is 0.0424. The summed E-state index contributed by atoms with van der Waals surface area (Å²) < 4.78 is 45.4. The van der Waals surface area contributed by atoms with Crippen molar-refractivity contribution < 1.29 is 57.1 Å². The molecule has 1 saturated heterocycles. The summed E-state index contributed by atoms with van der Waals surface area (Å²) >= 11 is 0. The van der Waals surface area contributed by atoms with Crippen LogP contribution in [0.4, 0.5) is 0 Å². The number of carbonyl (C=O) groups is 4. The van der Waals surface area contributed by atoms with E-state index in [4.69, 9.17) is 37.9 Å². The van der Waals surface area contributed by atoms with Gasteiger partial charge >= 0.3 is 23.9 Å². The number of hydrogen-bond acceptors (Lipinski definition) is 12. The van der Waals surface area contributed by atoms with Crippen molar-refractivity contribution in [3.05, 3.63) is 119 Å². The molecule has 5 rings (SSSR count). The lowest BCUT2D eigenvalue weighted by molar-refractivity contribution is -0.151. The molecule has 0 spiro atoms. The first kappa shape index (κ1) is 44.4. The Labute approximate surface area is 346 Å². The molecule has 0 radical (unpaired) electrons. The summed E-state index contributed by atoms with van der Waals surface area (Å²) in [6.45, 7) is 8.64. The smallest absolute Gasteiger partial charge is 0.343 e. The van der Waals surface area contributed by atoms with Crippen molar-refractivity contribution >= 4 is 23.9 Å². The fraction of sp³-hybridized carbons (Fsp3) is 0.404. The zero-order valence-corrected chi connectivity index (χ0v) is 34.3. The van der Waals surface area contributed by atoms with Gasteiger partial charge in [0.2, 0.25) is 0 Å². The average Bonchev–Trinajstić information content (AvgIpc) is 3.55. The molecule has 0 amide bonds. The number of carbonyl (C=O) groups excluding carboxylic acids is 4. The Kier molecular flexibility index (Phi) is 16.9. The average molecular weight is 811 g/mol. The summed E-state index contributed by atoms with van der Waals surface area (Å²) in [5, 5.41) is 0. The first-order valence-electron chi connectivity index (χ1n) is 20.3. The van der Waals surface area contributed by atoms with Crippen LogP contribution in [0.25, 0.3) is 0 Å². The van der Waals surface area contributed by atoms with Gasteiger partial charge in [-0.2, -0.15) is 0 Å². The second-order valence-corrected chi connectivity index (χ2v) is 14.6. The molecule has 4 aromatic rings. The molecule has 1 aliphatic heterocycles. The van der Waals surface area contributed by atoms with E-state index in [-0.39, 0.29) is 35.8 Å². The molecule has 1 aliphatic rings. The second-order valence-electron chi connectivity index (χ2n) is 14.6. The van der Waals surface area contributed by atoms with E-state index in [1.807, 2.05) is 0 Å². The van der Waals surface area contributed by atoms with Gasteiger partial charge in [0.15, 0.2) is 5.79 Å². The third kappa shape index (κ3) is 14.3. The minimum Gasteiger partial charge on any atom is -0.494 e. The molecule has 2 atom stereocenters. The van der Waals surface area contributed by atoms with E-state index < -0.39 is 41.9 Å². The lowest BCUT2D eigenvalue weighted by Crippen LogP contribution is -2.33. The highest BCUT2D eigenvalue weighted by molar-refractivity contribution is 5.93. The van der Waals surface area contributed by atoms with E-state index in [9.17, 15) is 19.2 Å². The first-order valence-corrected chi connectivity index (χ1v) is 20.3. The normalized spacial score (nSPS) is 15.5. The van der Waals surface area contributed by atoms with Crippen molar-refractivity contribution in [2.24, 2.45) is 0 Å². The van der Waals surface area contributed by atoms with E-state index in [1.54, 1.807) is 62.4 Å². The van der Waals surface area contributed by atoms with Crippen molar-refractivity contribution in [1.29, 1.82) is 0 Å². The molecule has 4 aromatic carbocycles. The number of unbranched alkanes of at least 4 members (excludes halogenated alkanes) is 6. The molecule has 0 aromatic heterocycles. The topological polar surface area (TPSA) is 142 Å². The number of benzene rings is 4. The maximum Gasteiger partial charge on any atom is 0.343 e. The van der Waals surface area contributed by atoms with Crippen molar-refractivity contribution in [3.63, 3.8) is 0 Å². The van der Waals surface area contributed by atoms with E-state index in [0.29, 0.717) is 35.8 Å². The molecule has 1 heterocycles. The highest BCUT2D eigenvalue weighted by Gasteiger charge is 2.42. The maximum atomic E-state index is 12.9. The molecule has 0 bridgehead atoms.